The summed E-state index contributed by atoms with van der Waals surface area (Å²) in [4.78, 5) is 3.54. The van der Waals surface area contributed by atoms with Crippen LogP contribution in [0.4, 0.5) is 0 Å². The van der Waals surface area contributed by atoms with Crippen molar-refractivity contribution in [3.05, 3.63) is 35.0 Å². The zero-order valence-corrected chi connectivity index (χ0v) is 10.8. The Bertz CT molecular complexity index is 574. The van der Waals surface area contributed by atoms with Crippen LogP contribution in [0.5, 0.6) is 0 Å². The van der Waals surface area contributed by atoms with Crippen LogP contribution >= 0.6 is 0 Å². The van der Waals surface area contributed by atoms with E-state index in [2.05, 4.69) is 44.0 Å². The lowest BCUT2D eigenvalue weighted by Gasteiger charge is -2.20. The molecule has 1 unspecified atom stereocenters. The van der Waals surface area contributed by atoms with Gasteiger partial charge in [0.05, 0.1) is 0 Å². The van der Waals surface area contributed by atoms with Crippen molar-refractivity contribution in [3.63, 3.8) is 0 Å². The highest BCUT2D eigenvalue weighted by Crippen LogP contribution is 2.52. The Labute approximate surface area is 102 Å². The maximum Gasteiger partial charge on any atom is 0.0497 e. The van der Waals surface area contributed by atoms with Gasteiger partial charge in [-0.1, -0.05) is 18.2 Å². The molecule has 1 aromatic carbocycles. The fraction of sp³-hybridized carbons (Fsp3) is 0.467. The number of nitrogens with one attached hydrogen (secondary N) is 1. The summed E-state index contributed by atoms with van der Waals surface area (Å²) in [6.45, 7) is 6.46. The number of hydrogen-bond acceptors (Lipinski definition) is 1. The number of rotatable bonds is 2. The molecule has 3 rings (SSSR count). The summed E-state index contributed by atoms with van der Waals surface area (Å²) in [5, 5.41) is 1.35. The summed E-state index contributed by atoms with van der Waals surface area (Å²) in [6, 6.07) is 6.85. The highest BCUT2D eigenvalue weighted by Gasteiger charge is 2.48. The second kappa shape index (κ2) is 3.36. The zero-order chi connectivity index (χ0) is 12.2. The van der Waals surface area contributed by atoms with Crippen LogP contribution in [-0.4, -0.2) is 11.0 Å². The number of nitrogens with two attached hydrogens (primary N) is 1. The molecular formula is C15H20N2. The lowest BCUT2D eigenvalue weighted by atomic mass is 9.88. The highest BCUT2D eigenvalue weighted by molar-refractivity contribution is 5.88. The molecule has 1 aromatic heterocycles. The monoisotopic (exact) mass is 228 g/mol. The number of aromatic amines is 1. The first kappa shape index (κ1) is 10.8. The van der Waals surface area contributed by atoms with Gasteiger partial charge in [-0.15, -0.1) is 0 Å². The Morgan fingerprint density at radius 2 is 2.00 bits per heavy atom. The highest BCUT2D eigenvalue weighted by atomic mass is 14.8. The minimum atomic E-state index is 0.225. The maximum absolute atomic E-state index is 6.19. The van der Waals surface area contributed by atoms with Gasteiger partial charge in [0.1, 0.15) is 0 Å². The molecule has 1 aliphatic rings. The quantitative estimate of drug-likeness (QED) is 0.814. The molecule has 0 amide bonds. The number of H-pyrrole nitrogens is 1. The van der Waals surface area contributed by atoms with E-state index in [-0.39, 0.29) is 11.5 Å². The summed E-state index contributed by atoms with van der Waals surface area (Å²) in [5.41, 5.74) is 11.8. The average Bonchev–Trinajstić information content (AvgIpc) is 3.04. The molecule has 0 saturated heterocycles. The third-order valence-electron chi connectivity index (χ3n) is 4.54. The van der Waals surface area contributed by atoms with E-state index in [1.807, 2.05) is 0 Å². The molecule has 3 N–H and O–H groups in total. The van der Waals surface area contributed by atoms with Gasteiger partial charge in [0, 0.05) is 28.1 Å². The van der Waals surface area contributed by atoms with Gasteiger partial charge in [-0.05, 0) is 44.7 Å². The molecule has 2 nitrogen and oxygen atoms in total. The van der Waals surface area contributed by atoms with E-state index in [0.29, 0.717) is 0 Å². The Morgan fingerprint density at radius 3 is 2.59 bits per heavy atom. The van der Waals surface area contributed by atoms with Gasteiger partial charge >= 0.3 is 0 Å². The van der Waals surface area contributed by atoms with Gasteiger partial charge in [0.25, 0.3) is 0 Å². The van der Waals surface area contributed by atoms with E-state index in [0.717, 1.165) is 0 Å². The first-order valence-electron chi connectivity index (χ1n) is 6.40. The van der Waals surface area contributed by atoms with E-state index in [1.165, 1.54) is 40.6 Å². The summed E-state index contributed by atoms with van der Waals surface area (Å²) in [5.74, 6) is 0. The molecule has 1 fully saturated rings. The molecule has 1 aliphatic carbocycles. The van der Waals surface area contributed by atoms with Crippen molar-refractivity contribution in [2.75, 3.05) is 0 Å². The number of fused-ring (bicyclic) bond motifs is 1. The fourth-order valence-corrected chi connectivity index (χ4v) is 3.00. The van der Waals surface area contributed by atoms with Crippen molar-refractivity contribution in [1.29, 1.82) is 0 Å². The molecule has 1 saturated carbocycles. The molecule has 0 radical (unpaired) electrons. The van der Waals surface area contributed by atoms with Gasteiger partial charge in [0.2, 0.25) is 0 Å². The number of hydrogen-bond donors (Lipinski definition) is 2. The van der Waals surface area contributed by atoms with Gasteiger partial charge in [0.15, 0.2) is 0 Å². The molecule has 1 heterocycles. The first-order chi connectivity index (χ1) is 8.06. The summed E-state index contributed by atoms with van der Waals surface area (Å²) in [6.07, 6.45) is 2.45. The summed E-state index contributed by atoms with van der Waals surface area (Å²) >= 11 is 0. The molecule has 0 bridgehead atoms. The van der Waals surface area contributed by atoms with Crippen LogP contribution in [0.15, 0.2) is 18.2 Å². The number of aromatic nitrogens is 1. The zero-order valence-electron chi connectivity index (χ0n) is 10.8. The molecular weight excluding hydrogens is 208 g/mol. The molecule has 0 aliphatic heterocycles. The van der Waals surface area contributed by atoms with E-state index < -0.39 is 0 Å². The molecule has 2 heteroatoms. The minimum absolute atomic E-state index is 0.225. The topological polar surface area (TPSA) is 41.8 Å². The third-order valence-corrected chi connectivity index (χ3v) is 4.54. The van der Waals surface area contributed by atoms with Crippen LogP contribution in [0.25, 0.3) is 10.9 Å². The van der Waals surface area contributed by atoms with Crippen LogP contribution in [0.3, 0.4) is 0 Å². The van der Waals surface area contributed by atoms with E-state index in [4.69, 9.17) is 5.73 Å². The Kier molecular flexibility index (Phi) is 2.14. The van der Waals surface area contributed by atoms with E-state index in [9.17, 15) is 0 Å². The minimum Gasteiger partial charge on any atom is -0.358 e. The van der Waals surface area contributed by atoms with Crippen molar-refractivity contribution >= 4 is 10.9 Å². The average molecular weight is 228 g/mol. The fourth-order valence-electron chi connectivity index (χ4n) is 3.00. The smallest absolute Gasteiger partial charge is 0.0497 e. The molecule has 17 heavy (non-hydrogen) atoms. The second-order valence-electron chi connectivity index (χ2n) is 5.55. The van der Waals surface area contributed by atoms with Crippen LogP contribution in [0.2, 0.25) is 0 Å². The van der Waals surface area contributed by atoms with Gasteiger partial charge in [-0.3, -0.25) is 0 Å². The van der Waals surface area contributed by atoms with E-state index >= 15 is 0 Å². The molecule has 0 spiro atoms. The number of aryl methyl sites for hydroxylation is 2. The van der Waals surface area contributed by atoms with Crippen LogP contribution in [-0.2, 0) is 5.41 Å². The molecule has 90 valence electrons. The van der Waals surface area contributed by atoms with Gasteiger partial charge in [-0.25, -0.2) is 0 Å². The van der Waals surface area contributed by atoms with Crippen LogP contribution in [0.1, 0.15) is 36.6 Å². The normalized spacial score (nSPS) is 19.5. The van der Waals surface area contributed by atoms with Crippen molar-refractivity contribution in [3.8, 4) is 0 Å². The van der Waals surface area contributed by atoms with Crippen LogP contribution < -0.4 is 5.73 Å². The predicted molar refractivity (Wildman–Crippen MR) is 72.3 cm³/mol. The standard InChI is InChI=1S/C15H20N2/c1-9-10(2)17-14-12(9)5-4-6-13(14)15(7-8-15)11(3)16/h4-6,11,17H,7-8,16H2,1-3H3. The summed E-state index contributed by atoms with van der Waals surface area (Å²) < 4.78 is 0. The van der Waals surface area contributed by atoms with Crippen molar-refractivity contribution in [2.24, 2.45) is 5.73 Å². The van der Waals surface area contributed by atoms with Crippen molar-refractivity contribution < 1.29 is 0 Å². The Balaban J connectivity index is 2.28. The Morgan fingerprint density at radius 1 is 1.29 bits per heavy atom. The van der Waals surface area contributed by atoms with Crippen molar-refractivity contribution in [2.45, 2.75) is 45.1 Å². The SMILES string of the molecule is Cc1[nH]c2c(C3(C(C)N)CC3)cccc2c1C. The number of benzene rings is 1. The van der Waals surface area contributed by atoms with Crippen LogP contribution in [0, 0.1) is 13.8 Å². The first-order valence-corrected chi connectivity index (χ1v) is 6.40. The lowest BCUT2D eigenvalue weighted by Crippen LogP contribution is -2.31. The lowest BCUT2D eigenvalue weighted by molar-refractivity contribution is 0.560. The molecule has 2 aromatic rings. The number of para-hydroxylation sites is 1. The Hall–Kier alpha value is -1.28. The van der Waals surface area contributed by atoms with E-state index in [1.54, 1.807) is 0 Å². The van der Waals surface area contributed by atoms with Gasteiger partial charge in [-0.2, -0.15) is 0 Å². The summed E-state index contributed by atoms with van der Waals surface area (Å²) in [7, 11) is 0. The maximum atomic E-state index is 6.19. The third kappa shape index (κ3) is 1.37. The molecule has 1 atom stereocenters. The second-order valence-corrected chi connectivity index (χ2v) is 5.55. The van der Waals surface area contributed by atoms with Gasteiger partial charge < -0.3 is 10.7 Å². The largest absolute Gasteiger partial charge is 0.358 e. The predicted octanol–water partition coefficient (Wildman–Crippen LogP) is 3.16. The van der Waals surface area contributed by atoms with Crippen molar-refractivity contribution in [1.82, 2.24) is 4.98 Å².